The summed E-state index contributed by atoms with van der Waals surface area (Å²) >= 11 is 0.734. The van der Waals surface area contributed by atoms with Crippen LogP contribution in [0.25, 0.3) is 22.5 Å². The van der Waals surface area contributed by atoms with Gasteiger partial charge in [0.2, 0.25) is 0 Å². The molecule has 0 aliphatic carbocycles. The van der Waals surface area contributed by atoms with E-state index in [1.165, 1.54) is 17.1 Å². The maximum Gasteiger partial charge on any atom is 0.194 e. The van der Waals surface area contributed by atoms with Gasteiger partial charge in [0.25, 0.3) is 0 Å². The van der Waals surface area contributed by atoms with E-state index in [2.05, 4.69) is 25.6 Å². The number of hydrogen-bond acceptors (Lipinski definition) is 15. The maximum atomic E-state index is 13.8. The van der Waals surface area contributed by atoms with E-state index >= 15 is 0 Å². The number of nitrogens with zero attached hydrogens (tertiary/aromatic N) is 7. The molecule has 4 aromatic rings. The van der Waals surface area contributed by atoms with Gasteiger partial charge in [-0.05, 0) is 24.3 Å². The second-order valence-corrected chi connectivity index (χ2v) is 12.1. The first-order valence-electron chi connectivity index (χ1n) is 14.1. The van der Waals surface area contributed by atoms with E-state index in [9.17, 15) is 43.8 Å². The highest BCUT2D eigenvalue weighted by molar-refractivity contribution is 8.00. The summed E-state index contributed by atoms with van der Waals surface area (Å²) in [6, 6.07) is 2.06. The van der Waals surface area contributed by atoms with E-state index in [4.69, 9.17) is 15.2 Å². The normalized spacial score (nSPS) is 31.3. The van der Waals surface area contributed by atoms with E-state index in [0.717, 1.165) is 22.6 Å². The standard InChI is InChI=1S/C27H29F3N8O8S/c28-12-3-11(4-13(29)19(12)30)15-7-38(36-34-15)21-23(42)17(9-40)46-27(25(21)44)47-26-24(43)20(22(41)16(8-39)45-26)37-6-14(33-35-37)10-1-2-18(31)32-5-10/h1-7,16-17,20-27,39-44H,8-9H2,(H2,31,32)/t16-,17?,20?,21+,22?,23+,24-,25?,26?,27+/m1/s1. The third kappa shape index (κ3) is 6.30. The average molecular weight is 683 g/mol. The highest BCUT2D eigenvalue weighted by Gasteiger charge is 2.51. The predicted molar refractivity (Wildman–Crippen MR) is 154 cm³/mol. The van der Waals surface area contributed by atoms with Crippen molar-refractivity contribution >= 4 is 17.6 Å². The molecule has 0 amide bonds. The molecule has 5 heterocycles. The van der Waals surface area contributed by atoms with Crippen molar-refractivity contribution in [2.75, 3.05) is 18.9 Å². The number of thioether (sulfide) groups is 1. The van der Waals surface area contributed by atoms with Crippen LogP contribution in [0, 0.1) is 17.5 Å². The van der Waals surface area contributed by atoms with Crippen LogP contribution in [0.1, 0.15) is 12.1 Å². The summed E-state index contributed by atoms with van der Waals surface area (Å²) in [5, 5.41) is 80.5. The van der Waals surface area contributed by atoms with Crippen molar-refractivity contribution in [1.29, 1.82) is 0 Å². The van der Waals surface area contributed by atoms with Crippen LogP contribution in [-0.4, -0.2) is 126 Å². The molecule has 3 aromatic heterocycles. The molecule has 0 radical (unpaired) electrons. The molecule has 5 unspecified atom stereocenters. The predicted octanol–water partition coefficient (Wildman–Crippen LogP) is -1.01. The van der Waals surface area contributed by atoms with E-state index in [1.54, 1.807) is 12.1 Å². The van der Waals surface area contributed by atoms with Crippen LogP contribution in [0.15, 0.2) is 42.9 Å². The number of hydrogen-bond donors (Lipinski definition) is 7. The van der Waals surface area contributed by atoms with Gasteiger partial charge in [0.05, 0.1) is 25.6 Å². The van der Waals surface area contributed by atoms with Crippen LogP contribution in [-0.2, 0) is 9.47 Å². The fraction of sp³-hybridized carbons (Fsp3) is 0.444. The van der Waals surface area contributed by atoms with Crippen molar-refractivity contribution in [3.8, 4) is 22.5 Å². The fourth-order valence-electron chi connectivity index (χ4n) is 5.49. The highest BCUT2D eigenvalue weighted by Crippen LogP contribution is 2.42. The first-order chi connectivity index (χ1) is 22.5. The molecule has 47 heavy (non-hydrogen) atoms. The van der Waals surface area contributed by atoms with Gasteiger partial charge in [0, 0.05) is 17.3 Å². The van der Waals surface area contributed by atoms with Crippen LogP contribution < -0.4 is 5.73 Å². The molecular formula is C27H29F3N8O8S. The number of anilines is 1. The third-order valence-corrected chi connectivity index (χ3v) is 9.27. The van der Waals surface area contributed by atoms with Gasteiger partial charge in [-0.15, -0.1) is 10.2 Å². The SMILES string of the molecule is Nc1ccc(-c2cn(C3C(O)[C@@H](CO)OC(S[C@@H]4OC(CO)[C@H](O)[C@H](n5cc(-c6cc(F)c(F)c(F)c6)nn5)C4O)[C@@H]3O)nn2)cn1. The summed E-state index contributed by atoms with van der Waals surface area (Å²) in [5.41, 5.74) is 3.65. The van der Waals surface area contributed by atoms with Gasteiger partial charge in [-0.2, -0.15) is 0 Å². The van der Waals surface area contributed by atoms with Gasteiger partial charge in [0.15, 0.2) is 17.5 Å². The molecule has 0 saturated carbocycles. The largest absolute Gasteiger partial charge is 0.394 e. The van der Waals surface area contributed by atoms with Crippen molar-refractivity contribution in [1.82, 2.24) is 35.0 Å². The zero-order chi connectivity index (χ0) is 33.6. The Morgan fingerprint density at radius 3 is 1.68 bits per heavy atom. The van der Waals surface area contributed by atoms with Crippen LogP contribution in [0.2, 0.25) is 0 Å². The van der Waals surface area contributed by atoms with E-state index in [0.29, 0.717) is 23.4 Å². The molecule has 2 aliphatic heterocycles. The Bertz CT molecular complexity index is 1680. The molecule has 20 heteroatoms. The molecule has 1 aromatic carbocycles. The Kier molecular flexibility index (Phi) is 9.47. The van der Waals surface area contributed by atoms with E-state index < -0.39 is 90.2 Å². The molecule has 2 fully saturated rings. The lowest BCUT2D eigenvalue weighted by atomic mass is 9.97. The number of aromatic nitrogens is 7. The van der Waals surface area contributed by atoms with Gasteiger partial charge in [-0.3, -0.25) is 0 Å². The second kappa shape index (κ2) is 13.4. The molecule has 10 atom stereocenters. The van der Waals surface area contributed by atoms with Crippen molar-refractivity contribution < 1.29 is 53.3 Å². The molecule has 2 aliphatic rings. The fourth-order valence-corrected chi connectivity index (χ4v) is 6.81. The van der Waals surface area contributed by atoms with Crippen molar-refractivity contribution in [2.45, 2.75) is 59.6 Å². The number of rotatable bonds is 8. The molecule has 0 bridgehead atoms. The minimum atomic E-state index is -1.67. The monoisotopic (exact) mass is 682 g/mol. The maximum absolute atomic E-state index is 13.8. The van der Waals surface area contributed by atoms with Crippen LogP contribution in [0.4, 0.5) is 19.0 Å². The Labute approximate surface area is 267 Å². The van der Waals surface area contributed by atoms with Gasteiger partial charge >= 0.3 is 0 Å². The minimum Gasteiger partial charge on any atom is -0.394 e. The quantitative estimate of drug-likeness (QED) is 0.110. The summed E-state index contributed by atoms with van der Waals surface area (Å²) in [6.07, 6.45) is -4.64. The first-order valence-corrected chi connectivity index (χ1v) is 15.1. The first kappa shape index (κ1) is 33.2. The number of aliphatic hydroxyl groups is 6. The van der Waals surface area contributed by atoms with Gasteiger partial charge in [-0.1, -0.05) is 22.2 Å². The zero-order valence-electron chi connectivity index (χ0n) is 24.0. The van der Waals surface area contributed by atoms with Crippen molar-refractivity contribution in [2.24, 2.45) is 0 Å². The van der Waals surface area contributed by atoms with Crippen molar-refractivity contribution in [3.05, 3.63) is 60.3 Å². The van der Waals surface area contributed by atoms with Gasteiger partial charge in [0.1, 0.15) is 76.8 Å². The van der Waals surface area contributed by atoms with Crippen molar-refractivity contribution in [3.63, 3.8) is 0 Å². The lowest BCUT2D eigenvalue weighted by Crippen LogP contribution is -2.58. The van der Waals surface area contributed by atoms with Crippen LogP contribution in [0.3, 0.4) is 0 Å². The summed E-state index contributed by atoms with van der Waals surface area (Å²) in [4.78, 5) is 4.01. The van der Waals surface area contributed by atoms with E-state index in [-0.39, 0.29) is 17.1 Å². The third-order valence-electron chi connectivity index (χ3n) is 7.96. The summed E-state index contributed by atoms with van der Waals surface area (Å²) in [7, 11) is 0. The average Bonchev–Trinajstić information content (AvgIpc) is 3.74. The Morgan fingerprint density at radius 1 is 0.745 bits per heavy atom. The minimum absolute atomic E-state index is 0.117. The number of nitrogen functional groups attached to an aromatic ring is 1. The molecule has 0 spiro atoms. The molecule has 8 N–H and O–H groups in total. The Morgan fingerprint density at radius 2 is 1.23 bits per heavy atom. The smallest absolute Gasteiger partial charge is 0.194 e. The Hall–Kier alpha value is -3.73. The van der Waals surface area contributed by atoms with Gasteiger partial charge < -0.3 is 45.8 Å². The number of benzene rings is 1. The topological polar surface area (TPSA) is 240 Å². The molecule has 2 saturated heterocycles. The van der Waals surface area contributed by atoms with Crippen LogP contribution in [0.5, 0.6) is 0 Å². The number of halogens is 3. The molecule has 16 nitrogen and oxygen atoms in total. The summed E-state index contributed by atoms with van der Waals surface area (Å²) in [6.45, 7) is -1.38. The summed E-state index contributed by atoms with van der Waals surface area (Å²) in [5.74, 6) is -4.30. The second-order valence-electron chi connectivity index (χ2n) is 10.9. The molecule has 6 rings (SSSR count). The Balaban J connectivity index is 1.25. The van der Waals surface area contributed by atoms with Crippen LogP contribution >= 0.6 is 11.8 Å². The summed E-state index contributed by atoms with van der Waals surface area (Å²) < 4.78 is 54.9. The van der Waals surface area contributed by atoms with E-state index in [1.807, 2.05) is 0 Å². The highest BCUT2D eigenvalue weighted by atomic mass is 32.2. The number of aliphatic hydroxyl groups excluding tert-OH is 6. The zero-order valence-corrected chi connectivity index (χ0v) is 24.8. The number of pyridine rings is 1. The lowest BCUT2D eigenvalue weighted by molar-refractivity contribution is -0.189. The molecule has 252 valence electrons. The number of ether oxygens (including phenoxy) is 2. The molecular weight excluding hydrogens is 653 g/mol. The number of nitrogens with two attached hydrogens (primary N) is 1. The van der Waals surface area contributed by atoms with Gasteiger partial charge in [-0.25, -0.2) is 27.5 Å². The lowest BCUT2D eigenvalue weighted by Gasteiger charge is -2.46.